The maximum absolute atomic E-state index is 12.9. The summed E-state index contributed by atoms with van der Waals surface area (Å²) in [5.41, 5.74) is 0.437. The number of rotatable bonds is 4. The van der Waals surface area contributed by atoms with E-state index in [1.165, 1.54) is 30.2 Å². The van der Waals surface area contributed by atoms with Gasteiger partial charge in [-0.25, -0.2) is 4.39 Å². The van der Waals surface area contributed by atoms with Crippen molar-refractivity contribution >= 4 is 17.9 Å². The zero-order valence-corrected chi connectivity index (χ0v) is 8.33. The molecule has 0 aliphatic carbocycles. The van der Waals surface area contributed by atoms with E-state index in [0.717, 1.165) is 6.34 Å². The highest BCUT2D eigenvalue weighted by Crippen LogP contribution is 2.14. The second kappa shape index (κ2) is 5.21. The molecule has 0 bridgehead atoms. The summed E-state index contributed by atoms with van der Waals surface area (Å²) >= 11 is 0. The molecule has 2 N–H and O–H groups in total. The van der Waals surface area contributed by atoms with Crippen LogP contribution in [-0.4, -0.2) is 25.9 Å². The van der Waals surface area contributed by atoms with Crippen molar-refractivity contribution in [3.8, 4) is 0 Å². The third-order valence-electron chi connectivity index (χ3n) is 1.79. The van der Waals surface area contributed by atoms with Crippen LogP contribution in [-0.2, 0) is 4.74 Å². The van der Waals surface area contributed by atoms with E-state index in [1.54, 1.807) is 6.07 Å². The van der Waals surface area contributed by atoms with Crippen molar-refractivity contribution in [1.82, 2.24) is 0 Å². The van der Waals surface area contributed by atoms with Crippen LogP contribution in [0.3, 0.4) is 0 Å². The van der Waals surface area contributed by atoms with E-state index in [-0.39, 0.29) is 12.4 Å². The molecule has 0 aliphatic heterocycles. The molecule has 1 aromatic carbocycles. The summed E-state index contributed by atoms with van der Waals surface area (Å²) in [4.78, 5) is 1.24. The molecule has 0 fully saturated rings. The maximum Gasteiger partial charge on any atom is 0.132 e. The first kappa shape index (κ1) is 11.3. The minimum atomic E-state index is -0.399. The first-order valence-electron chi connectivity index (χ1n) is 4.30. The molecular formula is C10H12FN3O. The fourth-order valence-corrected chi connectivity index (χ4v) is 1.14. The largest absolute Gasteiger partial charge is 0.377 e. The van der Waals surface area contributed by atoms with Crippen LogP contribution in [0, 0.1) is 16.6 Å². The smallest absolute Gasteiger partial charge is 0.132 e. The van der Waals surface area contributed by atoms with Crippen molar-refractivity contribution in [2.45, 2.75) is 0 Å². The molecule has 1 rings (SSSR count). The van der Waals surface area contributed by atoms with Crippen molar-refractivity contribution < 1.29 is 9.13 Å². The molecule has 1 aromatic rings. The predicted molar refractivity (Wildman–Crippen MR) is 57.3 cm³/mol. The zero-order chi connectivity index (χ0) is 11.3. The van der Waals surface area contributed by atoms with Crippen molar-refractivity contribution in [2.75, 3.05) is 18.6 Å². The van der Waals surface area contributed by atoms with Crippen LogP contribution in [0.4, 0.5) is 10.1 Å². The van der Waals surface area contributed by atoms with E-state index in [9.17, 15) is 4.39 Å². The molecule has 0 aromatic heterocycles. The quantitative estimate of drug-likeness (QED) is 0.587. The monoisotopic (exact) mass is 209 g/mol. The van der Waals surface area contributed by atoms with Gasteiger partial charge in [0, 0.05) is 7.11 Å². The number of amidine groups is 1. The van der Waals surface area contributed by atoms with Crippen molar-refractivity contribution in [1.29, 1.82) is 10.8 Å². The minimum absolute atomic E-state index is 0.0753. The number of nitrogens with zero attached hydrogens (tertiary/aromatic N) is 1. The molecule has 0 unspecified atom stereocenters. The first-order valence-corrected chi connectivity index (χ1v) is 4.30. The molecule has 0 saturated heterocycles. The van der Waals surface area contributed by atoms with Gasteiger partial charge in [-0.1, -0.05) is 6.07 Å². The second-order valence-electron chi connectivity index (χ2n) is 2.86. The SMILES string of the molecule is COCC(=N)N(C=N)c1cccc(F)c1. The number of nitrogens with one attached hydrogen (secondary N) is 2. The van der Waals surface area contributed by atoms with E-state index in [0.29, 0.717) is 5.69 Å². The lowest BCUT2D eigenvalue weighted by Gasteiger charge is -2.19. The Kier molecular flexibility index (Phi) is 3.93. The summed E-state index contributed by atoms with van der Waals surface area (Å²) in [7, 11) is 1.46. The number of methoxy groups -OCH3 is 1. The van der Waals surface area contributed by atoms with E-state index in [2.05, 4.69) is 0 Å². The second-order valence-corrected chi connectivity index (χ2v) is 2.86. The zero-order valence-electron chi connectivity index (χ0n) is 8.33. The van der Waals surface area contributed by atoms with Gasteiger partial charge in [0.15, 0.2) is 0 Å². The minimum Gasteiger partial charge on any atom is -0.377 e. The average Bonchev–Trinajstić information content (AvgIpc) is 2.19. The number of halogens is 1. The van der Waals surface area contributed by atoms with Crippen LogP contribution in [0.2, 0.25) is 0 Å². The Morgan fingerprint density at radius 1 is 1.60 bits per heavy atom. The highest BCUT2D eigenvalue weighted by Gasteiger charge is 2.09. The summed E-state index contributed by atoms with van der Waals surface area (Å²) < 4.78 is 17.7. The molecule has 80 valence electrons. The van der Waals surface area contributed by atoms with Crippen molar-refractivity contribution in [3.63, 3.8) is 0 Å². The predicted octanol–water partition coefficient (Wildman–Crippen LogP) is 1.86. The lowest BCUT2D eigenvalue weighted by atomic mass is 10.3. The Labute approximate surface area is 87.3 Å². The van der Waals surface area contributed by atoms with Gasteiger partial charge in [-0.15, -0.1) is 0 Å². The molecule has 4 nitrogen and oxygen atoms in total. The summed E-state index contributed by atoms with van der Waals surface area (Å²) in [6.45, 7) is 0.0753. The number of anilines is 1. The van der Waals surface area contributed by atoms with Crippen LogP contribution < -0.4 is 4.90 Å². The molecule has 0 saturated carbocycles. The number of ether oxygens (including phenoxy) is 1. The molecule has 0 atom stereocenters. The standard InChI is InChI=1S/C10H12FN3O/c1-15-6-10(13)14(7-12)9-4-2-3-8(11)5-9/h2-5,7,12-13H,6H2,1H3. The molecule has 0 amide bonds. The van der Waals surface area contributed by atoms with Crippen LogP contribution in [0.25, 0.3) is 0 Å². The number of benzene rings is 1. The van der Waals surface area contributed by atoms with E-state index in [4.69, 9.17) is 15.6 Å². The fraction of sp³-hybridized carbons (Fsp3) is 0.200. The molecular weight excluding hydrogens is 197 g/mol. The van der Waals surface area contributed by atoms with Crippen LogP contribution in [0.5, 0.6) is 0 Å². The molecule has 5 heteroatoms. The summed E-state index contributed by atoms with van der Waals surface area (Å²) in [5, 5.41) is 14.7. The van der Waals surface area contributed by atoms with E-state index < -0.39 is 5.82 Å². The Bertz CT molecular complexity index is 367. The molecule has 0 aliphatic rings. The molecule has 0 spiro atoms. The van der Waals surface area contributed by atoms with Crippen molar-refractivity contribution in [2.24, 2.45) is 0 Å². The molecule has 15 heavy (non-hydrogen) atoms. The van der Waals surface area contributed by atoms with Crippen molar-refractivity contribution in [3.05, 3.63) is 30.1 Å². The van der Waals surface area contributed by atoms with Gasteiger partial charge in [0.25, 0.3) is 0 Å². The Morgan fingerprint density at radius 2 is 2.33 bits per heavy atom. The third-order valence-corrected chi connectivity index (χ3v) is 1.79. The molecule has 0 heterocycles. The fourth-order valence-electron chi connectivity index (χ4n) is 1.14. The van der Waals surface area contributed by atoms with Gasteiger partial charge < -0.3 is 4.74 Å². The van der Waals surface area contributed by atoms with Gasteiger partial charge in [-0.3, -0.25) is 15.7 Å². The first-order chi connectivity index (χ1) is 7.19. The Morgan fingerprint density at radius 3 is 2.87 bits per heavy atom. The van der Waals surface area contributed by atoms with E-state index in [1.807, 2.05) is 0 Å². The van der Waals surface area contributed by atoms with E-state index >= 15 is 0 Å². The normalized spacial score (nSPS) is 9.73. The molecule has 0 radical (unpaired) electrons. The van der Waals surface area contributed by atoms with Crippen LogP contribution >= 0.6 is 0 Å². The van der Waals surface area contributed by atoms with Gasteiger partial charge in [0.05, 0.1) is 12.0 Å². The highest BCUT2D eigenvalue weighted by molar-refractivity contribution is 6.09. The average molecular weight is 209 g/mol. The van der Waals surface area contributed by atoms with Gasteiger partial charge in [0.2, 0.25) is 0 Å². The van der Waals surface area contributed by atoms with Crippen LogP contribution in [0.1, 0.15) is 0 Å². The lowest BCUT2D eigenvalue weighted by Crippen LogP contribution is -2.31. The summed E-state index contributed by atoms with van der Waals surface area (Å²) in [5.74, 6) is -0.317. The van der Waals surface area contributed by atoms with Gasteiger partial charge in [-0.05, 0) is 18.2 Å². The van der Waals surface area contributed by atoms with Crippen LogP contribution in [0.15, 0.2) is 24.3 Å². The summed E-state index contributed by atoms with van der Waals surface area (Å²) in [6.07, 6.45) is 0.954. The highest BCUT2D eigenvalue weighted by atomic mass is 19.1. The van der Waals surface area contributed by atoms with Gasteiger partial charge in [-0.2, -0.15) is 0 Å². The topological polar surface area (TPSA) is 60.2 Å². The van der Waals surface area contributed by atoms with Gasteiger partial charge >= 0.3 is 0 Å². The Balaban J connectivity index is 2.92. The number of hydrogen-bond donors (Lipinski definition) is 2. The lowest BCUT2D eigenvalue weighted by molar-refractivity contribution is 0.244. The summed E-state index contributed by atoms with van der Waals surface area (Å²) in [6, 6.07) is 5.72. The van der Waals surface area contributed by atoms with Gasteiger partial charge in [0.1, 0.15) is 18.3 Å². The number of hydrogen-bond acceptors (Lipinski definition) is 3. The third kappa shape index (κ3) is 2.85. The Hall–Kier alpha value is -1.75. The maximum atomic E-state index is 12.9.